The summed E-state index contributed by atoms with van der Waals surface area (Å²) in [5.74, 6) is -0.559. The molecule has 0 amide bonds. The highest BCUT2D eigenvalue weighted by atomic mass is 32.2. The van der Waals surface area contributed by atoms with Gasteiger partial charge < -0.3 is 4.74 Å². The predicted molar refractivity (Wildman–Crippen MR) is 64.9 cm³/mol. The van der Waals surface area contributed by atoms with Crippen molar-refractivity contribution in [1.82, 2.24) is 9.78 Å². The maximum atomic E-state index is 12.7. The van der Waals surface area contributed by atoms with Gasteiger partial charge in [-0.15, -0.1) is 0 Å². The molecule has 5 nitrogen and oxygen atoms in total. The van der Waals surface area contributed by atoms with E-state index in [1.165, 1.54) is 20.0 Å². The summed E-state index contributed by atoms with van der Waals surface area (Å²) in [5, 5.41) is 11.5. The van der Waals surface area contributed by atoms with Crippen LogP contribution in [0.25, 0.3) is 0 Å². The molecule has 0 bridgehead atoms. The fourth-order valence-corrected chi connectivity index (χ4v) is 2.37. The van der Waals surface area contributed by atoms with Gasteiger partial charge in [-0.25, -0.2) is 0 Å². The highest BCUT2D eigenvalue weighted by molar-refractivity contribution is 8.00. The molecule has 1 atom stereocenters. The number of aryl methyl sites for hydroxylation is 1. The van der Waals surface area contributed by atoms with Crippen LogP contribution in [-0.4, -0.2) is 27.6 Å². The largest absolute Gasteiger partial charge is 0.465 e. The summed E-state index contributed by atoms with van der Waals surface area (Å²) in [6.45, 7) is 3.29. The Hall–Kier alpha value is -1.69. The minimum Gasteiger partial charge on any atom is -0.465 e. The zero-order valence-electron chi connectivity index (χ0n) is 11.0. The molecule has 1 unspecified atom stereocenters. The number of carbonyl (C=O) groups excluding carboxylic acids is 1. The molecule has 0 fully saturated rings. The van der Waals surface area contributed by atoms with Gasteiger partial charge in [-0.05, 0) is 13.8 Å². The minimum absolute atomic E-state index is 0.0135. The second kappa shape index (κ2) is 6.17. The van der Waals surface area contributed by atoms with E-state index in [4.69, 9.17) is 10.00 Å². The lowest BCUT2D eigenvalue weighted by Gasteiger charge is -2.10. The molecule has 110 valence electrons. The van der Waals surface area contributed by atoms with E-state index in [2.05, 4.69) is 5.10 Å². The number of nitrogens with zero attached hydrogens (tertiary/aromatic N) is 3. The van der Waals surface area contributed by atoms with Crippen molar-refractivity contribution in [1.29, 1.82) is 5.26 Å². The molecule has 1 rings (SSSR count). The van der Waals surface area contributed by atoms with Crippen LogP contribution < -0.4 is 0 Å². The van der Waals surface area contributed by atoms with Crippen molar-refractivity contribution in [2.24, 2.45) is 7.05 Å². The Morgan fingerprint density at radius 3 is 2.65 bits per heavy atom. The molecule has 0 spiro atoms. The van der Waals surface area contributed by atoms with Gasteiger partial charge >= 0.3 is 12.1 Å². The van der Waals surface area contributed by atoms with Crippen LogP contribution in [0.1, 0.15) is 25.1 Å². The minimum atomic E-state index is -4.71. The SMILES string of the molecule is CCOC(=O)C(C)Sc1c(C#N)c(C(F)(F)F)nn1C. The molecule has 1 heterocycles. The number of aromatic nitrogens is 2. The van der Waals surface area contributed by atoms with Gasteiger partial charge in [0.2, 0.25) is 0 Å². The van der Waals surface area contributed by atoms with Crippen LogP contribution in [0.5, 0.6) is 0 Å². The van der Waals surface area contributed by atoms with Crippen LogP contribution in [0.2, 0.25) is 0 Å². The van der Waals surface area contributed by atoms with Gasteiger partial charge in [-0.2, -0.15) is 23.5 Å². The van der Waals surface area contributed by atoms with Crippen molar-refractivity contribution in [3.63, 3.8) is 0 Å². The van der Waals surface area contributed by atoms with E-state index in [0.29, 0.717) is 0 Å². The summed E-state index contributed by atoms with van der Waals surface area (Å²) in [6.07, 6.45) is -4.71. The van der Waals surface area contributed by atoms with Gasteiger partial charge in [0.05, 0.1) is 6.61 Å². The Morgan fingerprint density at radius 2 is 2.20 bits per heavy atom. The van der Waals surface area contributed by atoms with Crippen molar-refractivity contribution in [2.45, 2.75) is 30.3 Å². The standard InChI is InChI=1S/C11H12F3N3O2S/c1-4-19-10(18)6(2)20-9-7(5-15)8(11(12,13)14)16-17(9)3/h6H,4H2,1-3H3. The Balaban J connectivity index is 3.11. The average Bonchev–Trinajstić information content (AvgIpc) is 2.66. The molecule has 9 heteroatoms. The Morgan fingerprint density at radius 1 is 1.60 bits per heavy atom. The molecule has 0 aliphatic rings. The molecule has 0 N–H and O–H groups in total. The van der Waals surface area contributed by atoms with Crippen LogP contribution in [-0.2, 0) is 22.8 Å². The van der Waals surface area contributed by atoms with E-state index in [1.54, 1.807) is 6.92 Å². The average molecular weight is 307 g/mol. The van der Waals surface area contributed by atoms with E-state index >= 15 is 0 Å². The quantitative estimate of drug-likeness (QED) is 0.631. The molecule has 0 saturated carbocycles. The summed E-state index contributed by atoms with van der Waals surface area (Å²) < 4.78 is 43.9. The number of halogens is 3. The smallest absolute Gasteiger partial charge is 0.436 e. The third kappa shape index (κ3) is 3.45. The summed E-state index contributed by atoms with van der Waals surface area (Å²) >= 11 is 0.810. The number of hydrogen-bond donors (Lipinski definition) is 0. The second-order valence-corrected chi connectivity index (χ2v) is 5.10. The van der Waals surface area contributed by atoms with Crippen molar-refractivity contribution >= 4 is 17.7 Å². The van der Waals surface area contributed by atoms with Crippen LogP contribution in [0.15, 0.2) is 5.03 Å². The van der Waals surface area contributed by atoms with Crippen molar-refractivity contribution in [2.75, 3.05) is 6.61 Å². The summed E-state index contributed by atoms with van der Waals surface area (Å²) in [6, 6.07) is 1.49. The van der Waals surface area contributed by atoms with E-state index in [1.807, 2.05) is 0 Å². The van der Waals surface area contributed by atoms with E-state index in [0.717, 1.165) is 16.4 Å². The summed E-state index contributed by atoms with van der Waals surface area (Å²) in [7, 11) is 1.29. The second-order valence-electron chi connectivity index (χ2n) is 3.77. The van der Waals surface area contributed by atoms with Crippen molar-refractivity contribution < 1.29 is 22.7 Å². The first kappa shape index (κ1) is 16.4. The van der Waals surface area contributed by atoms with Gasteiger partial charge in [0.1, 0.15) is 21.9 Å². The molecule has 0 aliphatic heterocycles. The van der Waals surface area contributed by atoms with E-state index in [-0.39, 0.29) is 11.6 Å². The molecule has 20 heavy (non-hydrogen) atoms. The molecule has 0 aromatic carbocycles. The molecule has 0 radical (unpaired) electrons. The van der Waals surface area contributed by atoms with Crippen molar-refractivity contribution in [3.05, 3.63) is 11.3 Å². The fraction of sp³-hybridized carbons (Fsp3) is 0.545. The van der Waals surface area contributed by atoms with Crippen LogP contribution >= 0.6 is 11.8 Å². The number of esters is 1. The van der Waals surface area contributed by atoms with Crippen molar-refractivity contribution in [3.8, 4) is 6.07 Å². The van der Waals surface area contributed by atoms with E-state index < -0.39 is 28.7 Å². The molecule has 1 aromatic rings. The van der Waals surface area contributed by atoms with Crippen LogP contribution in [0.3, 0.4) is 0 Å². The van der Waals surface area contributed by atoms with Gasteiger partial charge in [0.25, 0.3) is 0 Å². The number of carbonyl (C=O) groups is 1. The first-order valence-corrected chi connectivity index (χ1v) is 6.47. The van der Waals surface area contributed by atoms with Crippen LogP contribution in [0.4, 0.5) is 13.2 Å². The monoisotopic (exact) mass is 307 g/mol. The summed E-state index contributed by atoms with van der Waals surface area (Å²) in [4.78, 5) is 11.5. The highest BCUT2D eigenvalue weighted by Gasteiger charge is 2.39. The number of ether oxygens (including phenoxy) is 1. The highest BCUT2D eigenvalue weighted by Crippen LogP contribution is 2.36. The number of hydrogen-bond acceptors (Lipinski definition) is 5. The zero-order chi connectivity index (χ0) is 15.5. The predicted octanol–water partition coefficient (Wildman–Crippen LogP) is 2.35. The number of alkyl halides is 3. The third-order valence-corrected chi connectivity index (χ3v) is 3.52. The Bertz CT molecular complexity index is 548. The van der Waals surface area contributed by atoms with Gasteiger partial charge in [0, 0.05) is 7.05 Å². The lowest BCUT2D eigenvalue weighted by Crippen LogP contribution is -2.17. The fourth-order valence-electron chi connectivity index (χ4n) is 1.42. The van der Waals surface area contributed by atoms with Gasteiger partial charge in [0.15, 0.2) is 5.69 Å². The molecular formula is C11H12F3N3O2S. The molecule has 0 aliphatic carbocycles. The number of rotatable bonds is 4. The topological polar surface area (TPSA) is 67.9 Å². The third-order valence-electron chi connectivity index (χ3n) is 2.28. The lowest BCUT2D eigenvalue weighted by molar-refractivity contribution is -0.142. The maximum Gasteiger partial charge on any atom is 0.436 e. The normalized spacial score (nSPS) is 12.8. The Labute approximate surface area is 117 Å². The van der Waals surface area contributed by atoms with Gasteiger partial charge in [-0.3, -0.25) is 9.48 Å². The Kier molecular flexibility index (Phi) is 5.05. The maximum absolute atomic E-state index is 12.7. The van der Waals surface area contributed by atoms with Crippen LogP contribution in [0, 0.1) is 11.3 Å². The molecule has 0 saturated heterocycles. The number of nitriles is 1. The lowest BCUT2D eigenvalue weighted by atomic mass is 10.2. The van der Waals surface area contributed by atoms with Gasteiger partial charge in [-0.1, -0.05) is 11.8 Å². The zero-order valence-corrected chi connectivity index (χ0v) is 11.8. The molecule has 1 aromatic heterocycles. The number of thioether (sulfide) groups is 1. The summed E-state index contributed by atoms with van der Waals surface area (Å²) in [5.41, 5.74) is -1.83. The molecular weight excluding hydrogens is 295 g/mol. The van der Waals surface area contributed by atoms with E-state index in [9.17, 15) is 18.0 Å². The first-order valence-electron chi connectivity index (χ1n) is 5.59. The first-order chi connectivity index (χ1) is 9.22.